The van der Waals surface area contributed by atoms with Crippen LogP contribution in [-0.2, 0) is 26.6 Å². The molecule has 0 aliphatic heterocycles. The molecule has 9 heteroatoms. The van der Waals surface area contributed by atoms with Crippen molar-refractivity contribution in [3.63, 3.8) is 0 Å². The minimum Gasteiger partial charge on any atom is -0.491 e. The summed E-state index contributed by atoms with van der Waals surface area (Å²) in [6.45, 7) is 3.94. The summed E-state index contributed by atoms with van der Waals surface area (Å²) >= 11 is 0. The third kappa shape index (κ3) is 5.53. The number of sulfonamides is 2. The van der Waals surface area contributed by atoms with Crippen LogP contribution in [0.15, 0.2) is 58.3 Å². The number of ether oxygens (including phenoxy) is 1. The lowest BCUT2D eigenvalue weighted by atomic mass is 10.2. The number of hydrogen-bond acceptors (Lipinski definition) is 5. The minimum atomic E-state index is -3.86. The molecule has 2 rings (SSSR count). The summed E-state index contributed by atoms with van der Waals surface area (Å²) in [5, 5.41) is 4.99. The molecular formula is C16H20N2O5S2. The summed E-state index contributed by atoms with van der Waals surface area (Å²) in [5.41, 5.74) is 0.765. The predicted octanol–water partition coefficient (Wildman–Crippen LogP) is 1.60. The Balaban J connectivity index is 2.06. The number of hydrogen-bond donors (Lipinski definition) is 2. The number of nitrogens with two attached hydrogens (primary N) is 1. The number of rotatable bonds is 7. The van der Waals surface area contributed by atoms with E-state index >= 15 is 0 Å². The monoisotopic (exact) mass is 384 g/mol. The van der Waals surface area contributed by atoms with Gasteiger partial charge < -0.3 is 4.74 Å². The molecule has 3 N–H and O–H groups in total. The van der Waals surface area contributed by atoms with E-state index in [2.05, 4.69) is 4.72 Å². The van der Waals surface area contributed by atoms with E-state index in [-0.39, 0.29) is 22.4 Å². The standard InChI is InChI=1S/C16H20N2O5S2/c1-12(2)23-14-5-3-13(4-6-14)11-18-25(21,22)16-9-7-15(8-10-16)24(17,19)20/h3-10,12,18H,11H2,1-2H3,(H2,17,19,20). The number of benzene rings is 2. The molecule has 0 saturated carbocycles. The highest BCUT2D eigenvalue weighted by Gasteiger charge is 2.15. The van der Waals surface area contributed by atoms with E-state index in [0.29, 0.717) is 5.75 Å². The van der Waals surface area contributed by atoms with Crippen LogP contribution in [0.5, 0.6) is 5.75 Å². The van der Waals surface area contributed by atoms with Crippen LogP contribution in [-0.4, -0.2) is 22.9 Å². The molecule has 2 aromatic carbocycles. The molecule has 0 heterocycles. The molecule has 0 amide bonds. The van der Waals surface area contributed by atoms with Gasteiger partial charge in [-0.2, -0.15) is 0 Å². The van der Waals surface area contributed by atoms with E-state index in [1.807, 2.05) is 13.8 Å². The van der Waals surface area contributed by atoms with Gasteiger partial charge in [0.05, 0.1) is 15.9 Å². The molecule has 0 atom stereocenters. The van der Waals surface area contributed by atoms with Crippen molar-refractivity contribution in [1.29, 1.82) is 0 Å². The largest absolute Gasteiger partial charge is 0.491 e. The van der Waals surface area contributed by atoms with E-state index in [9.17, 15) is 16.8 Å². The van der Waals surface area contributed by atoms with Crippen molar-refractivity contribution >= 4 is 20.0 Å². The quantitative estimate of drug-likeness (QED) is 0.752. The van der Waals surface area contributed by atoms with Crippen LogP contribution in [0.2, 0.25) is 0 Å². The lowest BCUT2D eigenvalue weighted by Gasteiger charge is -2.11. The van der Waals surface area contributed by atoms with Crippen LogP contribution in [0.4, 0.5) is 0 Å². The topological polar surface area (TPSA) is 116 Å². The highest BCUT2D eigenvalue weighted by molar-refractivity contribution is 7.89. The van der Waals surface area contributed by atoms with Gasteiger partial charge in [0, 0.05) is 6.54 Å². The second-order valence-electron chi connectivity index (χ2n) is 5.65. The Bertz CT molecular complexity index is 919. The van der Waals surface area contributed by atoms with Crippen LogP contribution >= 0.6 is 0 Å². The zero-order chi connectivity index (χ0) is 18.7. The first kappa shape index (κ1) is 19.4. The maximum atomic E-state index is 12.3. The van der Waals surface area contributed by atoms with Crippen molar-refractivity contribution in [3.8, 4) is 5.75 Å². The van der Waals surface area contributed by atoms with Gasteiger partial charge in [-0.05, 0) is 55.8 Å². The second kappa shape index (κ2) is 7.52. The molecule has 0 aromatic heterocycles. The molecule has 0 saturated heterocycles. The van der Waals surface area contributed by atoms with Crippen molar-refractivity contribution in [1.82, 2.24) is 4.72 Å². The van der Waals surface area contributed by atoms with Gasteiger partial charge in [0.25, 0.3) is 0 Å². The lowest BCUT2D eigenvalue weighted by Crippen LogP contribution is -2.23. The van der Waals surface area contributed by atoms with E-state index < -0.39 is 20.0 Å². The first-order chi connectivity index (χ1) is 11.6. The SMILES string of the molecule is CC(C)Oc1ccc(CNS(=O)(=O)c2ccc(S(N)(=O)=O)cc2)cc1. The maximum absolute atomic E-state index is 12.3. The van der Waals surface area contributed by atoms with Gasteiger partial charge in [0.2, 0.25) is 20.0 Å². The van der Waals surface area contributed by atoms with Crippen LogP contribution in [0, 0.1) is 0 Å². The van der Waals surface area contributed by atoms with Gasteiger partial charge in [-0.3, -0.25) is 0 Å². The van der Waals surface area contributed by atoms with Gasteiger partial charge in [-0.1, -0.05) is 12.1 Å². The van der Waals surface area contributed by atoms with E-state index in [0.717, 1.165) is 17.7 Å². The maximum Gasteiger partial charge on any atom is 0.240 e. The Labute approximate surface area is 147 Å². The number of primary sulfonamides is 1. The summed E-state index contributed by atoms with van der Waals surface area (Å²) < 4.78 is 54.9. The van der Waals surface area contributed by atoms with Crippen molar-refractivity contribution in [2.24, 2.45) is 5.14 Å². The molecule has 7 nitrogen and oxygen atoms in total. The van der Waals surface area contributed by atoms with Crippen LogP contribution in [0.1, 0.15) is 19.4 Å². The molecule has 0 aliphatic rings. The molecule has 0 fully saturated rings. The fourth-order valence-corrected chi connectivity index (χ4v) is 3.56. The van der Waals surface area contributed by atoms with E-state index in [1.54, 1.807) is 24.3 Å². The number of nitrogens with one attached hydrogen (secondary N) is 1. The first-order valence-electron chi connectivity index (χ1n) is 7.46. The van der Waals surface area contributed by atoms with Crippen molar-refractivity contribution < 1.29 is 21.6 Å². The zero-order valence-corrected chi connectivity index (χ0v) is 15.5. The molecule has 0 bridgehead atoms. The van der Waals surface area contributed by atoms with E-state index in [1.165, 1.54) is 12.1 Å². The summed E-state index contributed by atoms with van der Waals surface area (Å²) in [4.78, 5) is -0.188. The Kier molecular flexibility index (Phi) is 5.83. The van der Waals surface area contributed by atoms with Crippen molar-refractivity contribution in [2.45, 2.75) is 36.3 Å². The van der Waals surface area contributed by atoms with Gasteiger partial charge in [0.1, 0.15) is 5.75 Å². The van der Waals surface area contributed by atoms with Crippen LogP contribution in [0.25, 0.3) is 0 Å². The van der Waals surface area contributed by atoms with Crippen molar-refractivity contribution in [2.75, 3.05) is 0 Å². The van der Waals surface area contributed by atoms with E-state index in [4.69, 9.17) is 9.88 Å². The average molecular weight is 384 g/mol. The predicted molar refractivity (Wildman–Crippen MR) is 94.0 cm³/mol. The fourth-order valence-electron chi connectivity index (χ4n) is 2.03. The Hall–Kier alpha value is -1.94. The average Bonchev–Trinajstić information content (AvgIpc) is 2.53. The molecule has 25 heavy (non-hydrogen) atoms. The summed E-state index contributed by atoms with van der Waals surface area (Å²) in [6, 6.07) is 11.8. The molecule has 0 radical (unpaired) electrons. The molecule has 2 aromatic rings. The Morgan fingerprint density at radius 3 is 1.92 bits per heavy atom. The smallest absolute Gasteiger partial charge is 0.240 e. The van der Waals surface area contributed by atoms with Gasteiger partial charge in [-0.25, -0.2) is 26.7 Å². The summed E-state index contributed by atoms with van der Waals surface area (Å²) in [6.07, 6.45) is 0.0599. The molecule has 0 unspecified atom stereocenters. The van der Waals surface area contributed by atoms with Crippen molar-refractivity contribution in [3.05, 3.63) is 54.1 Å². The van der Waals surface area contributed by atoms with Gasteiger partial charge in [0.15, 0.2) is 0 Å². The zero-order valence-electron chi connectivity index (χ0n) is 13.8. The second-order valence-corrected chi connectivity index (χ2v) is 8.98. The highest BCUT2D eigenvalue weighted by atomic mass is 32.2. The Morgan fingerprint density at radius 1 is 0.920 bits per heavy atom. The third-order valence-corrected chi connectivity index (χ3v) is 5.57. The highest BCUT2D eigenvalue weighted by Crippen LogP contribution is 2.16. The minimum absolute atomic E-state index is 0.0420. The summed E-state index contributed by atoms with van der Waals surface area (Å²) in [7, 11) is -7.63. The summed E-state index contributed by atoms with van der Waals surface area (Å²) in [5.74, 6) is 0.709. The fraction of sp³-hybridized carbons (Fsp3) is 0.250. The Morgan fingerprint density at radius 2 is 1.44 bits per heavy atom. The molecule has 136 valence electrons. The third-order valence-electron chi connectivity index (χ3n) is 3.22. The molecule has 0 aliphatic carbocycles. The first-order valence-corrected chi connectivity index (χ1v) is 10.5. The molecular weight excluding hydrogens is 364 g/mol. The normalized spacial score (nSPS) is 12.3. The van der Waals surface area contributed by atoms with Gasteiger partial charge >= 0.3 is 0 Å². The molecule has 0 spiro atoms. The van der Waals surface area contributed by atoms with Crippen LogP contribution in [0.3, 0.4) is 0 Å². The van der Waals surface area contributed by atoms with Gasteiger partial charge in [-0.15, -0.1) is 0 Å². The lowest BCUT2D eigenvalue weighted by molar-refractivity contribution is 0.242. The van der Waals surface area contributed by atoms with Crippen LogP contribution < -0.4 is 14.6 Å².